The molecule has 1 rings (SSSR count). The summed E-state index contributed by atoms with van der Waals surface area (Å²) >= 11 is 0. The second-order valence-electron chi connectivity index (χ2n) is 15.0. The lowest BCUT2D eigenvalue weighted by molar-refractivity contribution is -0.161. The molecule has 1 aliphatic rings. The van der Waals surface area contributed by atoms with Crippen molar-refractivity contribution in [3.63, 3.8) is 0 Å². The first-order valence-corrected chi connectivity index (χ1v) is 25.1. The van der Waals surface area contributed by atoms with Gasteiger partial charge >= 0.3 is 27.6 Å². The normalized spacial score (nSPS) is 18.0. The highest BCUT2D eigenvalue weighted by Gasteiger charge is 2.36. The van der Waals surface area contributed by atoms with Crippen LogP contribution >= 0.6 is 15.6 Å². The molecule has 16 heteroatoms. The van der Waals surface area contributed by atoms with Crippen LogP contribution in [0.4, 0.5) is 0 Å². The van der Waals surface area contributed by atoms with Crippen molar-refractivity contribution in [1.29, 1.82) is 0 Å². The van der Waals surface area contributed by atoms with E-state index in [0.29, 0.717) is 31.5 Å². The molecule has 0 amide bonds. The SMILES string of the molecule is CCCCC/C=C\C/C=C\C/C=C\C/C=C\CCCC(=O)OC[C@H](COP(=O)(O)OC[C@@H](O)COP(=O)(O)O)OC(=O)CCCCCCC/C=C\CC1OC1CCCCC. The van der Waals surface area contributed by atoms with Crippen LogP contribution in [0.5, 0.6) is 0 Å². The maximum Gasteiger partial charge on any atom is 0.472 e. The molecule has 4 N–H and O–H groups in total. The molecule has 14 nitrogen and oxygen atoms in total. The zero-order valence-corrected chi connectivity index (χ0v) is 38.0. The molecule has 1 fully saturated rings. The van der Waals surface area contributed by atoms with Crippen molar-refractivity contribution in [2.45, 2.75) is 180 Å². The highest BCUT2D eigenvalue weighted by molar-refractivity contribution is 7.47. The van der Waals surface area contributed by atoms with Gasteiger partial charge in [-0.2, -0.15) is 0 Å². The zero-order chi connectivity index (χ0) is 44.2. The fraction of sp³-hybridized carbons (Fsp3) is 0.727. The fourth-order valence-electron chi connectivity index (χ4n) is 5.82. The van der Waals surface area contributed by atoms with E-state index in [0.717, 1.165) is 70.6 Å². The summed E-state index contributed by atoms with van der Waals surface area (Å²) in [6, 6.07) is 0. The van der Waals surface area contributed by atoms with Gasteiger partial charge in [0.1, 0.15) is 12.7 Å². The molecule has 0 aliphatic carbocycles. The Balaban J connectivity index is 2.40. The maximum absolute atomic E-state index is 12.7. The van der Waals surface area contributed by atoms with Crippen LogP contribution in [-0.4, -0.2) is 82.6 Å². The topological polar surface area (TPSA) is 208 Å². The van der Waals surface area contributed by atoms with Gasteiger partial charge in [-0.15, -0.1) is 0 Å². The molecular weight excluding hydrogens is 814 g/mol. The molecule has 1 aliphatic heterocycles. The quantitative estimate of drug-likeness (QED) is 0.0148. The second kappa shape index (κ2) is 36.3. The van der Waals surface area contributed by atoms with Crippen LogP contribution in [0, 0.1) is 0 Å². The van der Waals surface area contributed by atoms with E-state index in [-0.39, 0.29) is 12.8 Å². The van der Waals surface area contributed by atoms with Gasteiger partial charge in [0.2, 0.25) is 0 Å². The van der Waals surface area contributed by atoms with Crippen molar-refractivity contribution in [1.82, 2.24) is 0 Å². The van der Waals surface area contributed by atoms with E-state index in [9.17, 15) is 28.7 Å². The average Bonchev–Trinajstić information content (AvgIpc) is 3.96. The summed E-state index contributed by atoms with van der Waals surface area (Å²) in [7, 11) is -9.70. The number of rotatable bonds is 40. The van der Waals surface area contributed by atoms with E-state index < -0.39 is 66.2 Å². The van der Waals surface area contributed by atoms with Gasteiger partial charge in [0, 0.05) is 12.8 Å². The molecule has 3 unspecified atom stereocenters. The fourth-order valence-corrected chi connectivity index (χ4v) is 6.97. The first kappa shape index (κ1) is 55.8. The number of phosphoric acid groups is 2. The van der Waals surface area contributed by atoms with E-state index in [1.54, 1.807) is 0 Å². The van der Waals surface area contributed by atoms with E-state index in [4.69, 9.17) is 28.5 Å². The van der Waals surface area contributed by atoms with Crippen LogP contribution in [0.1, 0.15) is 155 Å². The number of unbranched alkanes of at least 4 members (excludes halogenated alkanes) is 11. The first-order chi connectivity index (χ1) is 28.8. The highest BCUT2D eigenvalue weighted by Crippen LogP contribution is 2.44. The number of carbonyl (C=O) groups excluding carboxylic acids is 2. The van der Waals surface area contributed by atoms with Crippen LogP contribution in [0.15, 0.2) is 60.8 Å². The lowest BCUT2D eigenvalue weighted by Gasteiger charge is -2.20. The van der Waals surface area contributed by atoms with E-state index in [1.165, 1.54) is 38.5 Å². The van der Waals surface area contributed by atoms with Crippen LogP contribution < -0.4 is 0 Å². The minimum absolute atomic E-state index is 0.0965. The van der Waals surface area contributed by atoms with Gasteiger partial charge in [-0.25, -0.2) is 9.13 Å². The largest absolute Gasteiger partial charge is 0.472 e. The number of epoxide rings is 1. The molecule has 0 saturated carbocycles. The third-order valence-corrected chi connectivity index (χ3v) is 10.7. The summed E-state index contributed by atoms with van der Waals surface area (Å²) < 4.78 is 53.5. The molecule has 0 aromatic rings. The van der Waals surface area contributed by atoms with Crippen LogP contribution in [0.25, 0.3) is 0 Å². The molecule has 1 saturated heterocycles. The summed E-state index contributed by atoms with van der Waals surface area (Å²) in [5, 5.41) is 9.75. The van der Waals surface area contributed by atoms with Gasteiger partial charge < -0.3 is 34.0 Å². The molecule has 0 aromatic carbocycles. The molecule has 0 bridgehead atoms. The number of hydrogen-bond acceptors (Lipinski definition) is 11. The van der Waals surface area contributed by atoms with Gasteiger partial charge in [0.25, 0.3) is 0 Å². The van der Waals surface area contributed by atoms with Gasteiger partial charge in [-0.3, -0.25) is 23.2 Å². The number of aliphatic hydroxyl groups excluding tert-OH is 1. The van der Waals surface area contributed by atoms with Crippen LogP contribution in [-0.2, 0) is 46.5 Å². The van der Waals surface area contributed by atoms with Crippen molar-refractivity contribution in [2.24, 2.45) is 0 Å². The first-order valence-electron chi connectivity index (χ1n) is 22.1. The number of ether oxygens (including phenoxy) is 3. The second-order valence-corrected chi connectivity index (χ2v) is 17.7. The molecule has 60 heavy (non-hydrogen) atoms. The summed E-state index contributed by atoms with van der Waals surface area (Å²) in [5.41, 5.74) is 0. The number of aliphatic hydroxyl groups is 1. The molecule has 0 radical (unpaired) electrons. The van der Waals surface area contributed by atoms with E-state index >= 15 is 0 Å². The van der Waals surface area contributed by atoms with Gasteiger partial charge in [0.05, 0.1) is 32.0 Å². The van der Waals surface area contributed by atoms with Gasteiger partial charge in [-0.05, 0) is 77.0 Å². The molecule has 5 atom stereocenters. The van der Waals surface area contributed by atoms with Gasteiger partial charge in [-0.1, -0.05) is 126 Å². The maximum atomic E-state index is 12.7. The van der Waals surface area contributed by atoms with Crippen molar-refractivity contribution < 1.29 is 66.3 Å². The number of esters is 2. The Labute approximate surface area is 359 Å². The van der Waals surface area contributed by atoms with Crippen LogP contribution in [0.3, 0.4) is 0 Å². The third-order valence-electron chi connectivity index (χ3n) is 9.29. The Kier molecular flexibility index (Phi) is 33.7. The Bertz CT molecular complexity index is 1360. The standard InChI is InChI=1S/C44H76O14P2/c1-3-5-7-8-9-10-11-12-13-14-15-16-17-18-22-25-29-33-43(46)53-37-40(38-56-60(51,52)55-36-39(45)35-54-59(48,49)50)57-44(47)34-30-26-23-20-19-21-24-28-32-42-41(58-42)31-27-6-4-2/h9-10,12-13,15-16,18,22,24,28,39-42,45H,3-8,11,14,17,19-21,23,25-27,29-38H2,1-2H3,(H,51,52)(H2,48,49,50)/b10-9-,13-12-,16-15-,22-18-,28-24-/t39-,40+,41?,42?/m0/s1. The summed E-state index contributed by atoms with van der Waals surface area (Å²) in [6.45, 7) is 1.61. The minimum Gasteiger partial charge on any atom is -0.462 e. The van der Waals surface area contributed by atoms with E-state index in [1.807, 2.05) is 12.2 Å². The molecule has 0 aromatic heterocycles. The third kappa shape index (κ3) is 36.4. The molecule has 346 valence electrons. The highest BCUT2D eigenvalue weighted by atomic mass is 31.2. The summed E-state index contributed by atoms with van der Waals surface area (Å²) in [6.07, 6.45) is 39.6. The predicted octanol–water partition coefficient (Wildman–Crippen LogP) is 10.2. The molecule has 1 heterocycles. The minimum atomic E-state index is -4.87. The number of hydrogen-bond donors (Lipinski definition) is 4. The zero-order valence-electron chi connectivity index (χ0n) is 36.2. The Hall–Kier alpha value is -2.22. The van der Waals surface area contributed by atoms with E-state index in [2.05, 4.69) is 71.5 Å². The summed E-state index contributed by atoms with van der Waals surface area (Å²) in [4.78, 5) is 52.7. The lowest BCUT2D eigenvalue weighted by Crippen LogP contribution is -2.30. The Morgan fingerprint density at radius 1 is 0.583 bits per heavy atom. The van der Waals surface area contributed by atoms with Crippen LogP contribution in [0.2, 0.25) is 0 Å². The lowest BCUT2D eigenvalue weighted by atomic mass is 10.1. The monoisotopic (exact) mass is 890 g/mol. The van der Waals surface area contributed by atoms with Crippen molar-refractivity contribution in [3.05, 3.63) is 60.8 Å². The summed E-state index contributed by atoms with van der Waals surface area (Å²) in [5.74, 6) is -1.12. The van der Waals surface area contributed by atoms with Crippen molar-refractivity contribution >= 4 is 27.6 Å². The number of phosphoric ester groups is 2. The number of carbonyl (C=O) groups is 2. The van der Waals surface area contributed by atoms with Crippen molar-refractivity contribution in [2.75, 3.05) is 26.4 Å². The average molecular weight is 891 g/mol. The number of allylic oxidation sites excluding steroid dienone is 9. The Morgan fingerprint density at radius 2 is 1.10 bits per heavy atom. The molecule has 0 spiro atoms. The van der Waals surface area contributed by atoms with Crippen molar-refractivity contribution in [3.8, 4) is 0 Å². The van der Waals surface area contributed by atoms with Gasteiger partial charge in [0.15, 0.2) is 6.10 Å². The predicted molar refractivity (Wildman–Crippen MR) is 234 cm³/mol. The Morgan fingerprint density at radius 3 is 1.75 bits per heavy atom. The molecular formula is C44H76O14P2. The smallest absolute Gasteiger partial charge is 0.462 e.